The molecule has 0 aliphatic carbocycles. The van der Waals surface area contributed by atoms with Gasteiger partial charge in [-0.25, -0.2) is 0 Å². The summed E-state index contributed by atoms with van der Waals surface area (Å²) in [7, 11) is 0. The highest BCUT2D eigenvalue weighted by Gasteiger charge is 2.39. The minimum Gasteiger partial charge on any atom is -0.384 e. The molecule has 1 fully saturated rings. The Morgan fingerprint density at radius 1 is 0.973 bits per heavy atom. The Bertz CT molecular complexity index is 1290. The fraction of sp³-hybridized carbons (Fsp3) is 0.414. The number of carbonyl (C=O) groups excluding carboxylic acids is 3. The number of fused-ring (bicyclic) bond motifs is 2. The zero-order chi connectivity index (χ0) is 25.6. The van der Waals surface area contributed by atoms with Gasteiger partial charge in [0.15, 0.2) is 0 Å². The van der Waals surface area contributed by atoms with Crippen LogP contribution in [-0.4, -0.2) is 41.0 Å². The molecule has 194 valence electrons. The highest BCUT2D eigenvalue weighted by molar-refractivity contribution is 7.99. The quantitative estimate of drug-likeness (QED) is 0.164. The summed E-state index contributed by atoms with van der Waals surface area (Å²) < 4.78 is 1.34. The van der Waals surface area contributed by atoms with E-state index in [9.17, 15) is 14.4 Å². The Morgan fingerprint density at radius 2 is 1.78 bits per heavy atom. The van der Waals surface area contributed by atoms with Crippen LogP contribution in [0.5, 0.6) is 0 Å². The van der Waals surface area contributed by atoms with Crippen molar-refractivity contribution in [3.8, 4) is 0 Å². The topological polar surface area (TPSA) is 78.5 Å². The summed E-state index contributed by atoms with van der Waals surface area (Å²) in [6.45, 7) is 1.46. The summed E-state index contributed by atoms with van der Waals surface area (Å²) in [6.07, 6.45) is 7.97. The highest BCUT2D eigenvalue weighted by atomic mass is 32.2. The van der Waals surface area contributed by atoms with Crippen molar-refractivity contribution in [2.24, 2.45) is 0 Å². The third-order valence-electron chi connectivity index (χ3n) is 7.16. The molecule has 1 atom stereocenters. The zero-order valence-electron chi connectivity index (χ0n) is 21.0. The minimum atomic E-state index is -0.560. The van der Waals surface area contributed by atoms with Crippen molar-refractivity contribution in [3.63, 3.8) is 0 Å². The van der Waals surface area contributed by atoms with E-state index in [1.54, 1.807) is 28.0 Å². The van der Waals surface area contributed by atoms with Gasteiger partial charge in [0.2, 0.25) is 11.8 Å². The van der Waals surface area contributed by atoms with Crippen LogP contribution >= 0.6 is 23.1 Å². The number of nitrogens with one attached hydrogen (secondary N) is 2. The van der Waals surface area contributed by atoms with Crippen LogP contribution in [0.4, 0.5) is 5.69 Å². The van der Waals surface area contributed by atoms with Crippen LogP contribution in [0.1, 0.15) is 67.3 Å². The Kier molecular flexibility index (Phi) is 8.46. The lowest BCUT2D eigenvalue weighted by Gasteiger charge is -2.29. The van der Waals surface area contributed by atoms with Gasteiger partial charge in [-0.15, -0.1) is 23.1 Å². The molecule has 2 N–H and O–H groups in total. The number of nitrogens with zero attached hydrogens (tertiary/aromatic N) is 1. The molecule has 8 heteroatoms. The standard InChI is InChI=1S/C29H33N3O3S2/c33-26-14-13-24(28(34)31-26)32-19-22-21(29(32)35)10-8-12-25(22)36-17-6-4-2-1-3-5-16-30-23-11-7-9-20-15-18-37-27(20)23/h7-12,15,18,24,30H,1-6,13-14,16-17,19H2,(H,31,33,34). The molecule has 2 aliphatic heterocycles. The van der Waals surface area contributed by atoms with E-state index >= 15 is 0 Å². The second-order valence-electron chi connectivity index (χ2n) is 9.72. The van der Waals surface area contributed by atoms with Gasteiger partial charge in [-0.2, -0.15) is 0 Å². The maximum atomic E-state index is 13.0. The van der Waals surface area contributed by atoms with Crippen LogP contribution in [0, 0.1) is 0 Å². The van der Waals surface area contributed by atoms with Crippen molar-refractivity contribution in [1.82, 2.24) is 10.2 Å². The first-order valence-corrected chi connectivity index (χ1v) is 15.1. The molecule has 0 bridgehead atoms. The molecule has 2 aliphatic rings. The number of carbonyl (C=O) groups is 3. The Labute approximate surface area is 226 Å². The number of imide groups is 1. The summed E-state index contributed by atoms with van der Waals surface area (Å²) in [5.74, 6) is 0.302. The molecule has 1 unspecified atom stereocenters. The molecular formula is C29H33N3O3S2. The van der Waals surface area contributed by atoms with Gasteiger partial charge in [0.1, 0.15) is 6.04 Å². The smallest absolute Gasteiger partial charge is 0.255 e. The number of rotatable bonds is 12. The lowest BCUT2D eigenvalue weighted by molar-refractivity contribution is -0.136. The number of hydrogen-bond acceptors (Lipinski definition) is 6. The number of hydrogen-bond donors (Lipinski definition) is 2. The summed E-state index contributed by atoms with van der Waals surface area (Å²) in [5, 5.41) is 9.43. The van der Waals surface area contributed by atoms with Gasteiger partial charge in [0.25, 0.3) is 5.91 Å². The molecular weight excluding hydrogens is 502 g/mol. The predicted molar refractivity (Wildman–Crippen MR) is 151 cm³/mol. The van der Waals surface area contributed by atoms with Crippen LogP contribution in [-0.2, 0) is 16.1 Å². The molecule has 3 heterocycles. The third-order valence-corrected chi connectivity index (χ3v) is 9.31. The lowest BCUT2D eigenvalue weighted by atomic mass is 10.0. The van der Waals surface area contributed by atoms with Crippen LogP contribution < -0.4 is 10.6 Å². The van der Waals surface area contributed by atoms with E-state index in [0.29, 0.717) is 18.5 Å². The van der Waals surface area contributed by atoms with Crippen molar-refractivity contribution >= 4 is 56.6 Å². The normalized spacial score (nSPS) is 17.4. The molecule has 5 rings (SSSR count). The molecule has 3 aromatic rings. The van der Waals surface area contributed by atoms with Gasteiger partial charge >= 0.3 is 0 Å². The Hall–Kier alpha value is -2.84. The number of thioether (sulfide) groups is 1. The van der Waals surface area contributed by atoms with E-state index in [1.165, 1.54) is 47.9 Å². The molecule has 0 saturated carbocycles. The summed E-state index contributed by atoms with van der Waals surface area (Å²) in [5.41, 5.74) is 2.96. The van der Waals surface area contributed by atoms with E-state index in [1.807, 2.05) is 12.1 Å². The number of piperidine rings is 1. The van der Waals surface area contributed by atoms with Crippen LogP contribution in [0.25, 0.3) is 10.1 Å². The van der Waals surface area contributed by atoms with Crippen molar-refractivity contribution < 1.29 is 14.4 Å². The number of anilines is 1. The highest BCUT2D eigenvalue weighted by Crippen LogP contribution is 2.35. The minimum absolute atomic E-state index is 0.103. The largest absolute Gasteiger partial charge is 0.384 e. The fourth-order valence-corrected chi connectivity index (χ4v) is 7.15. The monoisotopic (exact) mass is 535 g/mol. The van der Waals surface area contributed by atoms with Crippen molar-refractivity contribution in [2.45, 2.75) is 68.8 Å². The van der Waals surface area contributed by atoms with Gasteiger partial charge in [-0.05, 0) is 65.6 Å². The number of amides is 3. The fourth-order valence-electron chi connectivity index (χ4n) is 5.16. The number of benzene rings is 2. The second kappa shape index (κ2) is 12.1. The van der Waals surface area contributed by atoms with Crippen molar-refractivity contribution in [1.29, 1.82) is 0 Å². The molecule has 1 saturated heterocycles. The van der Waals surface area contributed by atoms with Crippen LogP contribution in [0.15, 0.2) is 52.7 Å². The molecule has 3 amide bonds. The van der Waals surface area contributed by atoms with Gasteiger partial charge in [-0.1, -0.05) is 43.9 Å². The van der Waals surface area contributed by atoms with Crippen LogP contribution in [0.3, 0.4) is 0 Å². The average molecular weight is 536 g/mol. The molecule has 37 heavy (non-hydrogen) atoms. The third kappa shape index (κ3) is 6.02. The molecule has 1 aromatic heterocycles. The summed E-state index contributed by atoms with van der Waals surface area (Å²) >= 11 is 3.60. The van der Waals surface area contributed by atoms with Gasteiger partial charge in [0.05, 0.1) is 10.4 Å². The Balaban J connectivity index is 0.991. The first-order valence-electron chi connectivity index (χ1n) is 13.2. The lowest BCUT2D eigenvalue weighted by Crippen LogP contribution is -2.52. The average Bonchev–Trinajstić information content (AvgIpc) is 3.51. The van der Waals surface area contributed by atoms with E-state index in [0.717, 1.165) is 29.2 Å². The van der Waals surface area contributed by atoms with Gasteiger partial charge < -0.3 is 10.2 Å². The molecule has 2 aromatic carbocycles. The van der Waals surface area contributed by atoms with Gasteiger partial charge in [-0.3, -0.25) is 19.7 Å². The van der Waals surface area contributed by atoms with Gasteiger partial charge in [0, 0.05) is 30.0 Å². The summed E-state index contributed by atoms with van der Waals surface area (Å²) in [6, 6.07) is 13.9. The van der Waals surface area contributed by atoms with E-state index in [2.05, 4.69) is 46.3 Å². The Morgan fingerprint density at radius 3 is 2.65 bits per heavy atom. The zero-order valence-corrected chi connectivity index (χ0v) is 22.6. The second-order valence-corrected chi connectivity index (χ2v) is 11.8. The van der Waals surface area contributed by atoms with E-state index in [-0.39, 0.29) is 24.1 Å². The predicted octanol–water partition coefficient (Wildman–Crippen LogP) is 6.21. The van der Waals surface area contributed by atoms with Crippen molar-refractivity contribution in [2.75, 3.05) is 17.6 Å². The first-order chi connectivity index (χ1) is 18.1. The molecule has 0 radical (unpaired) electrons. The van der Waals surface area contributed by atoms with E-state index < -0.39 is 6.04 Å². The van der Waals surface area contributed by atoms with Crippen LogP contribution in [0.2, 0.25) is 0 Å². The maximum Gasteiger partial charge on any atom is 0.255 e. The van der Waals surface area contributed by atoms with Crippen molar-refractivity contribution in [3.05, 3.63) is 59.0 Å². The molecule has 6 nitrogen and oxygen atoms in total. The SMILES string of the molecule is O=C1CCC(N2Cc3c(SCCCCCCCCNc4cccc5ccsc45)cccc3C2=O)C(=O)N1. The first kappa shape index (κ1) is 25.8. The number of unbranched alkanes of at least 4 members (excludes halogenated alkanes) is 5. The molecule has 0 spiro atoms. The maximum absolute atomic E-state index is 13.0. The summed E-state index contributed by atoms with van der Waals surface area (Å²) in [4.78, 5) is 39.5. The van der Waals surface area contributed by atoms with E-state index in [4.69, 9.17) is 0 Å². The number of thiophene rings is 1.